The number of hydrogen-bond donors (Lipinski definition) is 1. The van der Waals surface area contributed by atoms with E-state index in [1.165, 1.54) is 11.8 Å². The maximum absolute atomic E-state index is 12.5. The Bertz CT molecular complexity index is 646. The van der Waals surface area contributed by atoms with Gasteiger partial charge in [-0.3, -0.25) is 9.78 Å². The van der Waals surface area contributed by atoms with Crippen LogP contribution in [0, 0.1) is 0 Å². The van der Waals surface area contributed by atoms with Crippen molar-refractivity contribution in [3.05, 3.63) is 48.2 Å². The Hall–Kier alpha value is -2.50. The third-order valence-electron chi connectivity index (χ3n) is 4.00. The maximum atomic E-state index is 12.5. The molecule has 1 atom stereocenters. The van der Waals surface area contributed by atoms with Crippen LogP contribution in [0.15, 0.2) is 36.9 Å². The van der Waals surface area contributed by atoms with E-state index in [0.717, 1.165) is 25.2 Å². The van der Waals surface area contributed by atoms with Crippen LogP contribution in [0.1, 0.15) is 34.8 Å². The highest BCUT2D eigenvalue weighted by Crippen LogP contribution is 2.28. The average Bonchev–Trinajstić information content (AvgIpc) is 2.62. The molecule has 1 N–H and O–H groups in total. The molecule has 1 amide bonds. The van der Waals surface area contributed by atoms with Gasteiger partial charge in [-0.25, -0.2) is 9.97 Å². The van der Waals surface area contributed by atoms with Crippen molar-refractivity contribution in [2.75, 3.05) is 25.5 Å². The third-order valence-corrected chi connectivity index (χ3v) is 4.00. The summed E-state index contributed by atoms with van der Waals surface area (Å²) in [7, 11) is 1.86. The van der Waals surface area contributed by atoms with Gasteiger partial charge in [0.25, 0.3) is 5.91 Å². The van der Waals surface area contributed by atoms with Gasteiger partial charge in [-0.05, 0) is 30.5 Å². The fourth-order valence-electron chi connectivity index (χ4n) is 2.84. The lowest BCUT2D eigenvalue weighted by Crippen LogP contribution is -2.39. The molecule has 6 nitrogen and oxygen atoms in total. The number of piperidine rings is 1. The second kappa shape index (κ2) is 6.51. The van der Waals surface area contributed by atoms with E-state index in [2.05, 4.69) is 26.3 Å². The molecular weight excluding hydrogens is 278 g/mol. The van der Waals surface area contributed by atoms with E-state index in [9.17, 15) is 4.79 Å². The minimum atomic E-state index is -0.0410. The summed E-state index contributed by atoms with van der Waals surface area (Å²) in [6.45, 7) is 1.48. The number of nitrogens with zero attached hydrogens (tertiary/aromatic N) is 4. The maximum Gasteiger partial charge on any atom is 0.274 e. The summed E-state index contributed by atoms with van der Waals surface area (Å²) in [4.78, 5) is 26.7. The quantitative estimate of drug-likeness (QED) is 0.937. The second-order valence-electron chi connectivity index (χ2n) is 5.41. The number of hydrogen-bond acceptors (Lipinski definition) is 5. The summed E-state index contributed by atoms with van der Waals surface area (Å²) in [5, 5.41) is 3.06. The molecule has 3 rings (SSSR count). The topological polar surface area (TPSA) is 71.0 Å². The molecule has 1 saturated heterocycles. The number of aromatic nitrogens is 3. The molecule has 2 aromatic heterocycles. The number of pyridine rings is 1. The highest BCUT2D eigenvalue weighted by atomic mass is 16.2. The number of rotatable bonds is 3. The number of amides is 1. The van der Waals surface area contributed by atoms with Crippen LogP contribution in [0.3, 0.4) is 0 Å². The van der Waals surface area contributed by atoms with Gasteiger partial charge in [0, 0.05) is 44.6 Å². The van der Waals surface area contributed by atoms with Crippen molar-refractivity contribution in [1.82, 2.24) is 19.9 Å². The van der Waals surface area contributed by atoms with Crippen LogP contribution in [0.4, 0.5) is 5.82 Å². The molecule has 0 aromatic carbocycles. The number of carbonyl (C=O) groups is 1. The summed E-state index contributed by atoms with van der Waals surface area (Å²) in [5.74, 6) is 1.15. The van der Waals surface area contributed by atoms with Crippen LogP contribution in [0.2, 0.25) is 0 Å². The number of likely N-dealkylation sites (tertiary alicyclic amines) is 1. The van der Waals surface area contributed by atoms with E-state index in [-0.39, 0.29) is 5.91 Å². The Balaban J connectivity index is 1.75. The minimum Gasteiger partial charge on any atom is -0.373 e. The van der Waals surface area contributed by atoms with Gasteiger partial charge in [0.1, 0.15) is 11.5 Å². The first-order chi connectivity index (χ1) is 10.8. The molecule has 0 spiro atoms. The summed E-state index contributed by atoms with van der Waals surface area (Å²) in [6, 6.07) is 4.09. The van der Waals surface area contributed by atoms with Crippen LogP contribution in [0.25, 0.3) is 0 Å². The fraction of sp³-hybridized carbons (Fsp3) is 0.375. The first-order valence-corrected chi connectivity index (χ1v) is 7.47. The monoisotopic (exact) mass is 297 g/mol. The lowest BCUT2D eigenvalue weighted by Gasteiger charge is -2.32. The first kappa shape index (κ1) is 14.4. The Labute approximate surface area is 129 Å². The fourth-order valence-corrected chi connectivity index (χ4v) is 2.84. The molecule has 1 aliphatic heterocycles. The van der Waals surface area contributed by atoms with E-state index < -0.39 is 0 Å². The molecule has 0 radical (unpaired) electrons. The molecular formula is C16H19N5O. The zero-order chi connectivity index (χ0) is 15.4. The molecule has 0 bridgehead atoms. The Kier molecular flexibility index (Phi) is 4.27. The van der Waals surface area contributed by atoms with Gasteiger partial charge in [0.15, 0.2) is 0 Å². The summed E-state index contributed by atoms with van der Waals surface area (Å²) >= 11 is 0. The van der Waals surface area contributed by atoms with Crippen LogP contribution in [-0.2, 0) is 0 Å². The van der Waals surface area contributed by atoms with Crippen molar-refractivity contribution in [2.24, 2.45) is 0 Å². The SMILES string of the molecule is CNc1cc([C@H]2CCCN(C(=O)c3cnccn3)C2)ccn1. The van der Waals surface area contributed by atoms with Crippen molar-refractivity contribution in [1.29, 1.82) is 0 Å². The highest BCUT2D eigenvalue weighted by Gasteiger charge is 2.26. The number of carbonyl (C=O) groups excluding carboxylic acids is 1. The summed E-state index contributed by atoms with van der Waals surface area (Å²) in [6.07, 6.45) is 8.54. The predicted octanol–water partition coefficient (Wildman–Crippen LogP) is 1.93. The molecule has 22 heavy (non-hydrogen) atoms. The van der Waals surface area contributed by atoms with Crippen molar-refractivity contribution < 1.29 is 4.79 Å². The van der Waals surface area contributed by atoms with Crippen LogP contribution in [-0.4, -0.2) is 45.9 Å². The molecule has 0 saturated carbocycles. The third kappa shape index (κ3) is 3.05. The predicted molar refractivity (Wildman–Crippen MR) is 83.7 cm³/mol. The van der Waals surface area contributed by atoms with Gasteiger partial charge in [0.2, 0.25) is 0 Å². The summed E-state index contributed by atoms with van der Waals surface area (Å²) < 4.78 is 0. The zero-order valence-corrected chi connectivity index (χ0v) is 12.6. The van der Waals surface area contributed by atoms with Gasteiger partial charge >= 0.3 is 0 Å². The Morgan fingerprint density at radius 2 is 2.23 bits per heavy atom. The van der Waals surface area contributed by atoms with Crippen molar-refractivity contribution in [3.63, 3.8) is 0 Å². The second-order valence-corrected chi connectivity index (χ2v) is 5.41. The average molecular weight is 297 g/mol. The first-order valence-electron chi connectivity index (χ1n) is 7.47. The Morgan fingerprint density at radius 3 is 3.00 bits per heavy atom. The Morgan fingerprint density at radius 1 is 1.32 bits per heavy atom. The van der Waals surface area contributed by atoms with Gasteiger partial charge in [-0.15, -0.1) is 0 Å². The standard InChI is InChI=1S/C16H19N5O/c1-17-15-9-12(4-5-20-15)13-3-2-8-21(11-13)16(22)14-10-18-6-7-19-14/h4-7,9-10,13H,2-3,8,11H2,1H3,(H,17,20)/t13-/m0/s1. The van der Waals surface area contributed by atoms with Crippen molar-refractivity contribution >= 4 is 11.7 Å². The molecule has 3 heterocycles. The largest absolute Gasteiger partial charge is 0.373 e. The number of nitrogens with one attached hydrogen (secondary N) is 1. The van der Waals surface area contributed by atoms with Gasteiger partial charge in [-0.2, -0.15) is 0 Å². The summed E-state index contributed by atoms with van der Waals surface area (Å²) in [5.41, 5.74) is 1.63. The molecule has 1 fully saturated rings. The molecule has 1 aliphatic rings. The molecule has 0 aliphatic carbocycles. The van der Waals surface area contributed by atoms with Crippen LogP contribution in [0.5, 0.6) is 0 Å². The number of anilines is 1. The highest BCUT2D eigenvalue weighted by molar-refractivity contribution is 5.92. The van der Waals surface area contributed by atoms with E-state index in [1.807, 2.05) is 24.2 Å². The minimum absolute atomic E-state index is 0.0410. The van der Waals surface area contributed by atoms with Crippen molar-refractivity contribution in [2.45, 2.75) is 18.8 Å². The van der Waals surface area contributed by atoms with E-state index in [1.54, 1.807) is 12.4 Å². The zero-order valence-electron chi connectivity index (χ0n) is 12.6. The van der Waals surface area contributed by atoms with Gasteiger partial charge < -0.3 is 10.2 Å². The molecule has 0 unspecified atom stereocenters. The van der Waals surface area contributed by atoms with Crippen molar-refractivity contribution in [3.8, 4) is 0 Å². The van der Waals surface area contributed by atoms with Crippen LogP contribution < -0.4 is 5.32 Å². The lowest BCUT2D eigenvalue weighted by molar-refractivity contribution is 0.0700. The van der Waals surface area contributed by atoms with Gasteiger partial charge in [0.05, 0.1) is 6.20 Å². The van der Waals surface area contributed by atoms with E-state index >= 15 is 0 Å². The normalized spacial score (nSPS) is 18.0. The van der Waals surface area contributed by atoms with E-state index in [0.29, 0.717) is 18.2 Å². The van der Waals surface area contributed by atoms with Crippen LogP contribution >= 0.6 is 0 Å². The molecule has 6 heteroatoms. The lowest BCUT2D eigenvalue weighted by atomic mass is 9.91. The van der Waals surface area contributed by atoms with E-state index in [4.69, 9.17) is 0 Å². The molecule has 2 aromatic rings. The molecule has 114 valence electrons. The smallest absolute Gasteiger partial charge is 0.274 e. The van der Waals surface area contributed by atoms with Gasteiger partial charge in [-0.1, -0.05) is 0 Å².